The van der Waals surface area contributed by atoms with Gasteiger partial charge in [-0.2, -0.15) is 4.72 Å². The molecule has 10 heteroatoms. The Bertz CT molecular complexity index is 1010. The summed E-state index contributed by atoms with van der Waals surface area (Å²) in [5.41, 5.74) is 0.909. The maximum absolute atomic E-state index is 12.3. The van der Waals surface area contributed by atoms with Crippen LogP contribution in [-0.4, -0.2) is 45.3 Å². The second-order valence-electron chi connectivity index (χ2n) is 6.69. The highest BCUT2D eigenvalue weighted by atomic mass is 32.2. The fourth-order valence-electron chi connectivity index (χ4n) is 2.42. The summed E-state index contributed by atoms with van der Waals surface area (Å²) >= 11 is 1.26. The number of nitrogens with one attached hydrogen (secondary N) is 2. The molecular weight excluding hydrogens is 428 g/mol. The molecule has 0 bridgehead atoms. The number of carbonyl (C=O) groups excluding carboxylic acids is 3. The molecule has 0 fully saturated rings. The molecule has 1 amide bonds. The number of hydrogen-bond donors (Lipinski definition) is 2. The van der Waals surface area contributed by atoms with Crippen LogP contribution in [0.15, 0.2) is 41.3 Å². The van der Waals surface area contributed by atoms with Crippen molar-refractivity contribution in [2.24, 2.45) is 0 Å². The standard InChI is InChI=1S/C20H24N2O6S2/c1-13-4-7-17(8-5-13)30(26,27)22-14(2)20(25)28-12-18(24)19-9-6-16(29-19)10-11-21-15(3)23/h4-9,14,22H,10-12H2,1-3H3,(H,21,23)/t14-/m0/s1. The highest BCUT2D eigenvalue weighted by molar-refractivity contribution is 7.89. The zero-order chi connectivity index (χ0) is 22.3. The zero-order valence-corrected chi connectivity index (χ0v) is 18.6. The molecule has 0 aliphatic heterocycles. The molecule has 0 saturated heterocycles. The molecule has 1 aromatic heterocycles. The Morgan fingerprint density at radius 1 is 1.10 bits per heavy atom. The van der Waals surface area contributed by atoms with Gasteiger partial charge in [-0.15, -0.1) is 11.3 Å². The van der Waals surface area contributed by atoms with E-state index >= 15 is 0 Å². The second kappa shape index (κ2) is 10.5. The Morgan fingerprint density at radius 2 is 1.77 bits per heavy atom. The number of thiophene rings is 1. The van der Waals surface area contributed by atoms with E-state index in [0.717, 1.165) is 10.4 Å². The maximum Gasteiger partial charge on any atom is 0.324 e. The van der Waals surface area contributed by atoms with Gasteiger partial charge in [-0.05, 0) is 44.5 Å². The Labute approximate surface area is 179 Å². The monoisotopic (exact) mass is 452 g/mol. The van der Waals surface area contributed by atoms with Crippen molar-refractivity contribution < 1.29 is 27.5 Å². The first-order valence-corrected chi connectivity index (χ1v) is 11.5. The van der Waals surface area contributed by atoms with Crippen LogP contribution in [0.3, 0.4) is 0 Å². The van der Waals surface area contributed by atoms with E-state index in [0.29, 0.717) is 17.8 Å². The third kappa shape index (κ3) is 7.05. The van der Waals surface area contributed by atoms with Crippen LogP contribution in [0.25, 0.3) is 0 Å². The minimum absolute atomic E-state index is 0.0363. The molecule has 0 radical (unpaired) electrons. The third-order valence-electron chi connectivity index (χ3n) is 4.04. The Balaban J connectivity index is 1.85. The summed E-state index contributed by atoms with van der Waals surface area (Å²) in [6.07, 6.45) is 0.592. The lowest BCUT2D eigenvalue weighted by Gasteiger charge is -2.13. The molecule has 1 aromatic carbocycles. The van der Waals surface area contributed by atoms with Gasteiger partial charge in [0.15, 0.2) is 6.61 Å². The molecule has 0 aliphatic rings. The maximum atomic E-state index is 12.3. The van der Waals surface area contributed by atoms with E-state index in [1.54, 1.807) is 24.3 Å². The number of aryl methyl sites for hydroxylation is 1. The van der Waals surface area contributed by atoms with Gasteiger partial charge in [0.2, 0.25) is 21.7 Å². The summed E-state index contributed by atoms with van der Waals surface area (Å²) in [6, 6.07) is 8.45. The van der Waals surface area contributed by atoms with E-state index in [1.807, 2.05) is 6.92 Å². The molecular formula is C20H24N2O6S2. The predicted molar refractivity (Wildman–Crippen MR) is 113 cm³/mol. The van der Waals surface area contributed by atoms with Gasteiger partial charge in [0.05, 0.1) is 9.77 Å². The van der Waals surface area contributed by atoms with E-state index < -0.39 is 28.6 Å². The molecule has 0 aliphatic carbocycles. The molecule has 162 valence electrons. The van der Waals surface area contributed by atoms with Crippen LogP contribution in [-0.2, 0) is 30.8 Å². The van der Waals surface area contributed by atoms with Crippen LogP contribution in [0.2, 0.25) is 0 Å². The molecule has 2 aromatic rings. The van der Waals surface area contributed by atoms with Crippen molar-refractivity contribution in [3.8, 4) is 0 Å². The minimum atomic E-state index is -3.89. The first-order chi connectivity index (χ1) is 14.1. The van der Waals surface area contributed by atoms with Crippen LogP contribution < -0.4 is 10.0 Å². The van der Waals surface area contributed by atoms with E-state index in [2.05, 4.69) is 10.0 Å². The number of carbonyl (C=O) groups is 3. The van der Waals surface area contributed by atoms with Crippen molar-refractivity contribution in [2.45, 2.75) is 38.1 Å². The largest absolute Gasteiger partial charge is 0.456 e. The first-order valence-electron chi connectivity index (χ1n) is 9.20. The molecule has 0 unspecified atom stereocenters. The third-order valence-corrected chi connectivity index (χ3v) is 6.79. The summed E-state index contributed by atoms with van der Waals surface area (Å²) < 4.78 is 31.9. The van der Waals surface area contributed by atoms with Crippen LogP contribution >= 0.6 is 11.3 Å². The Morgan fingerprint density at radius 3 is 2.40 bits per heavy atom. The number of rotatable bonds is 10. The van der Waals surface area contributed by atoms with E-state index in [1.165, 1.54) is 37.3 Å². The molecule has 0 spiro atoms. The highest BCUT2D eigenvalue weighted by Gasteiger charge is 2.24. The molecule has 2 rings (SSSR count). The van der Waals surface area contributed by atoms with E-state index in [-0.39, 0.29) is 16.6 Å². The number of esters is 1. The number of amides is 1. The van der Waals surface area contributed by atoms with Gasteiger partial charge in [0.25, 0.3) is 0 Å². The smallest absolute Gasteiger partial charge is 0.324 e. The lowest BCUT2D eigenvalue weighted by atomic mass is 10.2. The van der Waals surface area contributed by atoms with Gasteiger partial charge in [-0.3, -0.25) is 14.4 Å². The van der Waals surface area contributed by atoms with Crippen molar-refractivity contribution in [3.05, 3.63) is 51.7 Å². The van der Waals surface area contributed by atoms with E-state index in [9.17, 15) is 22.8 Å². The van der Waals surface area contributed by atoms with Crippen molar-refractivity contribution in [1.82, 2.24) is 10.0 Å². The average Bonchev–Trinajstić information content (AvgIpc) is 3.14. The van der Waals surface area contributed by atoms with Crippen LogP contribution in [0.5, 0.6) is 0 Å². The summed E-state index contributed by atoms with van der Waals surface area (Å²) in [4.78, 5) is 36.6. The van der Waals surface area contributed by atoms with Gasteiger partial charge in [0, 0.05) is 18.3 Å². The van der Waals surface area contributed by atoms with E-state index in [4.69, 9.17) is 4.74 Å². The van der Waals surface area contributed by atoms with Crippen LogP contribution in [0, 0.1) is 6.92 Å². The molecule has 1 heterocycles. The Kier molecular flexibility index (Phi) is 8.27. The van der Waals surface area contributed by atoms with Gasteiger partial charge in [-0.25, -0.2) is 8.42 Å². The van der Waals surface area contributed by atoms with Crippen molar-refractivity contribution in [1.29, 1.82) is 0 Å². The van der Waals surface area contributed by atoms with Gasteiger partial charge < -0.3 is 10.1 Å². The summed E-state index contributed by atoms with van der Waals surface area (Å²) in [5.74, 6) is -1.35. The summed E-state index contributed by atoms with van der Waals surface area (Å²) in [5, 5.41) is 2.68. The number of ether oxygens (including phenoxy) is 1. The summed E-state index contributed by atoms with van der Waals surface area (Å²) in [7, 11) is -3.89. The molecule has 1 atom stereocenters. The molecule has 8 nitrogen and oxygen atoms in total. The Hall–Kier alpha value is -2.56. The van der Waals surface area contributed by atoms with Crippen molar-refractivity contribution in [2.75, 3.05) is 13.2 Å². The molecule has 30 heavy (non-hydrogen) atoms. The van der Waals surface area contributed by atoms with Gasteiger partial charge >= 0.3 is 5.97 Å². The zero-order valence-electron chi connectivity index (χ0n) is 16.9. The van der Waals surface area contributed by atoms with Gasteiger partial charge in [-0.1, -0.05) is 17.7 Å². The van der Waals surface area contributed by atoms with Gasteiger partial charge in [0.1, 0.15) is 6.04 Å². The van der Waals surface area contributed by atoms with Crippen LogP contribution in [0.1, 0.15) is 34.0 Å². The average molecular weight is 453 g/mol. The fourth-order valence-corrected chi connectivity index (χ4v) is 4.55. The normalized spacial score (nSPS) is 12.2. The first kappa shape index (κ1) is 23.7. The molecule has 2 N–H and O–H groups in total. The van der Waals surface area contributed by atoms with Crippen LogP contribution in [0.4, 0.5) is 0 Å². The predicted octanol–water partition coefficient (Wildman–Crippen LogP) is 1.83. The second-order valence-corrected chi connectivity index (χ2v) is 9.57. The highest BCUT2D eigenvalue weighted by Crippen LogP contribution is 2.18. The number of sulfonamides is 1. The number of benzene rings is 1. The topological polar surface area (TPSA) is 119 Å². The number of ketones is 1. The number of hydrogen-bond acceptors (Lipinski definition) is 7. The number of Topliss-reactive ketones (excluding diaryl/α,β-unsaturated/α-hetero) is 1. The minimum Gasteiger partial charge on any atom is -0.456 e. The quantitative estimate of drug-likeness (QED) is 0.419. The van der Waals surface area contributed by atoms with Crippen molar-refractivity contribution >= 4 is 39.0 Å². The van der Waals surface area contributed by atoms with Crippen molar-refractivity contribution in [3.63, 3.8) is 0 Å². The molecule has 0 saturated carbocycles. The lowest BCUT2D eigenvalue weighted by Crippen LogP contribution is -2.40. The summed E-state index contributed by atoms with van der Waals surface area (Å²) in [6.45, 7) is 4.60. The SMILES string of the molecule is CC(=O)NCCc1ccc(C(=O)COC(=O)[C@H](C)NS(=O)(=O)c2ccc(C)cc2)s1. The fraction of sp³-hybridized carbons (Fsp3) is 0.350. The lowest BCUT2D eigenvalue weighted by molar-refractivity contribution is -0.144.